The maximum absolute atomic E-state index is 10.9. The van der Waals surface area contributed by atoms with Crippen molar-refractivity contribution in [2.45, 2.75) is 24.7 Å². The van der Waals surface area contributed by atoms with E-state index in [9.17, 15) is 15.2 Å². The van der Waals surface area contributed by atoms with Gasteiger partial charge in [-0.15, -0.1) is 0 Å². The minimum atomic E-state index is -0.901. The van der Waals surface area contributed by atoms with Crippen LogP contribution >= 0.6 is 0 Å². The van der Waals surface area contributed by atoms with Crippen LogP contribution in [0, 0.1) is 10.1 Å². The van der Waals surface area contributed by atoms with Gasteiger partial charge in [-0.25, -0.2) is 0 Å². The molecule has 1 aromatic rings. The molecule has 1 saturated heterocycles. The smallest absolute Gasteiger partial charge is 0.243 e. The molecule has 1 aliphatic rings. The molecule has 0 amide bonds. The molecule has 86 valence electrons. The number of rotatable bonds is 2. The zero-order chi connectivity index (χ0) is 11.5. The van der Waals surface area contributed by atoms with E-state index in [4.69, 9.17) is 4.74 Å². The van der Waals surface area contributed by atoms with Gasteiger partial charge in [-0.2, -0.15) is 0 Å². The number of aliphatic hydroxyl groups is 1. The zero-order valence-corrected chi connectivity index (χ0v) is 8.65. The first-order valence-corrected chi connectivity index (χ1v) is 5.16. The molecule has 1 heterocycles. The normalized spacial score (nSPS) is 29.9. The third-order valence-electron chi connectivity index (χ3n) is 2.88. The van der Waals surface area contributed by atoms with Crippen molar-refractivity contribution in [2.24, 2.45) is 0 Å². The highest BCUT2D eigenvalue weighted by Crippen LogP contribution is 2.30. The Labute approximate surface area is 92.8 Å². The fraction of sp³-hybridized carbons (Fsp3) is 0.455. The van der Waals surface area contributed by atoms with Crippen molar-refractivity contribution >= 4 is 0 Å². The Morgan fingerprint density at radius 3 is 2.69 bits per heavy atom. The van der Waals surface area contributed by atoms with Crippen LogP contribution in [0.1, 0.15) is 17.9 Å². The van der Waals surface area contributed by atoms with Gasteiger partial charge in [-0.1, -0.05) is 30.3 Å². The van der Waals surface area contributed by atoms with E-state index in [1.54, 1.807) is 0 Å². The summed E-state index contributed by atoms with van der Waals surface area (Å²) < 4.78 is 4.92. The summed E-state index contributed by atoms with van der Waals surface area (Å²) in [5.41, 5.74) is 0.881. The molecule has 1 fully saturated rings. The molecule has 0 aliphatic carbocycles. The van der Waals surface area contributed by atoms with Crippen molar-refractivity contribution < 1.29 is 14.8 Å². The second-order valence-electron chi connectivity index (χ2n) is 3.89. The van der Waals surface area contributed by atoms with Gasteiger partial charge in [-0.05, 0) is 5.56 Å². The summed E-state index contributed by atoms with van der Waals surface area (Å²) in [6, 6.07) is 8.46. The van der Waals surface area contributed by atoms with Crippen LogP contribution in [-0.2, 0) is 4.74 Å². The maximum atomic E-state index is 10.9. The Morgan fingerprint density at radius 1 is 1.38 bits per heavy atom. The van der Waals surface area contributed by atoms with Crippen LogP contribution in [0.15, 0.2) is 30.3 Å². The highest BCUT2D eigenvalue weighted by Gasteiger charge is 2.39. The number of aliphatic hydroxyl groups excluding tert-OH is 1. The lowest BCUT2D eigenvalue weighted by molar-refractivity contribution is -0.538. The van der Waals surface area contributed by atoms with Crippen molar-refractivity contribution in [1.29, 1.82) is 0 Å². The predicted octanol–water partition coefficient (Wildman–Crippen LogP) is 1.15. The molecule has 0 aromatic heterocycles. The third kappa shape index (κ3) is 2.20. The molecule has 5 nitrogen and oxygen atoms in total. The van der Waals surface area contributed by atoms with Crippen LogP contribution in [0.5, 0.6) is 0 Å². The molecular weight excluding hydrogens is 210 g/mol. The summed E-state index contributed by atoms with van der Waals surface area (Å²) in [7, 11) is 0. The van der Waals surface area contributed by atoms with Gasteiger partial charge < -0.3 is 9.84 Å². The Hall–Kier alpha value is -1.46. The molecule has 5 heteroatoms. The van der Waals surface area contributed by atoms with Gasteiger partial charge in [0.05, 0.1) is 5.92 Å². The first kappa shape index (κ1) is 11.0. The van der Waals surface area contributed by atoms with Crippen LogP contribution in [0.25, 0.3) is 0 Å². The fourth-order valence-corrected chi connectivity index (χ4v) is 2.03. The van der Waals surface area contributed by atoms with Crippen molar-refractivity contribution in [2.75, 3.05) is 6.61 Å². The van der Waals surface area contributed by atoms with Gasteiger partial charge in [0.15, 0.2) is 6.29 Å². The van der Waals surface area contributed by atoms with Crippen LogP contribution in [0.4, 0.5) is 0 Å². The molecule has 3 atom stereocenters. The average molecular weight is 223 g/mol. The Kier molecular flexibility index (Phi) is 3.17. The minimum Gasteiger partial charge on any atom is -0.368 e. The topological polar surface area (TPSA) is 72.6 Å². The van der Waals surface area contributed by atoms with Gasteiger partial charge in [-0.3, -0.25) is 10.1 Å². The summed E-state index contributed by atoms with van der Waals surface area (Å²) in [4.78, 5) is 10.6. The van der Waals surface area contributed by atoms with Gasteiger partial charge in [0.25, 0.3) is 0 Å². The van der Waals surface area contributed by atoms with E-state index in [1.165, 1.54) is 0 Å². The van der Waals surface area contributed by atoms with E-state index in [0.717, 1.165) is 5.56 Å². The SMILES string of the molecule is O=[N+]([O-])C1COC(O)CC1c1ccccc1. The standard InChI is InChI=1S/C11H13NO4/c13-11-6-9(8-4-2-1-3-5-8)10(7-16-11)12(14)15/h1-5,9-11,13H,6-7H2. The van der Waals surface area contributed by atoms with E-state index in [2.05, 4.69) is 0 Å². The zero-order valence-electron chi connectivity index (χ0n) is 8.65. The molecule has 1 N–H and O–H groups in total. The average Bonchev–Trinajstić information content (AvgIpc) is 2.29. The van der Waals surface area contributed by atoms with E-state index in [-0.39, 0.29) is 23.9 Å². The molecule has 0 bridgehead atoms. The molecule has 3 unspecified atom stereocenters. The highest BCUT2D eigenvalue weighted by atomic mass is 16.6. The Balaban J connectivity index is 2.24. The summed E-state index contributed by atoms with van der Waals surface area (Å²) in [6.07, 6.45) is -0.628. The molecule has 2 rings (SSSR count). The minimum absolute atomic E-state index is 0.0340. The predicted molar refractivity (Wildman–Crippen MR) is 56.5 cm³/mol. The van der Waals surface area contributed by atoms with Crippen molar-refractivity contribution in [3.63, 3.8) is 0 Å². The maximum Gasteiger partial charge on any atom is 0.243 e. The van der Waals surface area contributed by atoms with Crippen LogP contribution in [-0.4, -0.2) is 29.0 Å². The first-order chi connectivity index (χ1) is 7.68. The third-order valence-corrected chi connectivity index (χ3v) is 2.88. The van der Waals surface area contributed by atoms with E-state index >= 15 is 0 Å². The quantitative estimate of drug-likeness (QED) is 0.603. The fourth-order valence-electron chi connectivity index (χ4n) is 2.03. The molecule has 1 aliphatic heterocycles. The largest absolute Gasteiger partial charge is 0.368 e. The lowest BCUT2D eigenvalue weighted by atomic mass is 9.87. The van der Waals surface area contributed by atoms with Gasteiger partial charge in [0.2, 0.25) is 6.04 Å². The van der Waals surface area contributed by atoms with Crippen LogP contribution in [0.3, 0.4) is 0 Å². The first-order valence-electron chi connectivity index (χ1n) is 5.16. The number of benzene rings is 1. The Bertz CT molecular complexity index is 368. The van der Waals surface area contributed by atoms with E-state index < -0.39 is 12.3 Å². The Morgan fingerprint density at radius 2 is 2.06 bits per heavy atom. The second-order valence-corrected chi connectivity index (χ2v) is 3.89. The molecule has 1 aromatic carbocycles. The molecular formula is C11H13NO4. The van der Waals surface area contributed by atoms with Crippen LogP contribution in [0.2, 0.25) is 0 Å². The summed E-state index contributed by atoms with van der Waals surface area (Å²) >= 11 is 0. The van der Waals surface area contributed by atoms with Gasteiger partial charge in [0.1, 0.15) is 6.61 Å². The number of hydrogen-bond acceptors (Lipinski definition) is 4. The van der Waals surface area contributed by atoms with E-state index in [0.29, 0.717) is 0 Å². The lowest BCUT2D eigenvalue weighted by Crippen LogP contribution is -2.40. The number of nitro groups is 1. The monoisotopic (exact) mass is 223 g/mol. The molecule has 0 saturated carbocycles. The summed E-state index contributed by atoms with van der Waals surface area (Å²) in [5.74, 6) is -0.278. The van der Waals surface area contributed by atoms with E-state index in [1.807, 2.05) is 30.3 Å². The molecule has 0 spiro atoms. The van der Waals surface area contributed by atoms with Crippen molar-refractivity contribution in [3.8, 4) is 0 Å². The number of hydrogen-bond donors (Lipinski definition) is 1. The lowest BCUT2D eigenvalue weighted by Gasteiger charge is -2.29. The summed E-state index contributed by atoms with van der Waals surface area (Å²) in [5, 5.41) is 20.3. The van der Waals surface area contributed by atoms with Crippen molar-refractivity contribution in [3.05, 3.63) is 46.0 Å². The van der Waals surface area contributed by atoms with Crippen LogP contribution < -0.4 is 0 Å². The summed E-state index contributed by atoms with van der Waals surface area (Å²) in [6.45, 7) is -0.0340. The number of nitrogens with zero attached hydrogens (tertiary/aromatic N) is 1. The van der Waals surface area contributed by atoms with Crippen molar-refractivity contribution in [1.82, 2.24) is 0 Å². The molecule has 0 radical (unpaired) electrons. The number of ether oxygens (including phenoxy) is 1. The van der Waals surface area contributed by atoms with Gasteiger partial charge >= 0.3 is 0 Å². The molecule has 16 heavy (non-hydrogen) atoms. The van der Waals surface area contributed by atoms with Gasteiger partial charge in [0, 0.05) is 11.3 Å². The highest BCUT2D eigenvalue weighted by molar-refractivity contribution is 5.21. The second kappa shape index (κ2) is 4.59.